The molecule has 0 saturated carbocycles. The molecule has 0 spiro atoms. The molecule has 1 aromatic rings. The topological polar surface area (TPSA) is 61.7 Å². The van der Waals surface area contributed by atoms with Crippen LogP contribution in [0.5, 0.6) is 0 Å². The predicted molar refractivity (Wildman–Crippen MR) is 67.0 cm³/mol. The minimum Gasteiger partial charge on any atom is -0.411 e. The molecule has 0 aliphatic carbocycles. The fourth-order valence-corrected chi connectivity index (χ4v) is 2.24. The van der Waals surface area contributed by atoms with E-state index in [-0.39, 0.29) is 0 Å². The third-order valence-corrected chi connectivity index (χ3v) is 3.41. The van der Waals surface area contributed by atoms with Gasteiger partial charge in [-0.15, -0.1) is 0 Å². The highest BCUT2D eigenvalue weighted by molar-refractivity contribution is 6.31. The summed E-state index contributed by atoms with van der Waals surface area (Å²) in [6, 6.07) is 4.79. The predicted octanol–water partition coefficient (Wildman–Crippen LogP) is 2.54. The zero-order valence-corrected chi connectivity index (χ0v) is 10.3. The largest absolute Gasteiger partial charge is 0.411 e. The second-order valence-electron chi connectivity index (χ2n) is 4.62. The number of carbonyl (C=O) groups is 1. The average Bonchev–Trinajstić information content (AvgIpc) is 2.27. The van der Waals surface area contributed by atoms with Gasteiger partial charge in [-0.2, -0.15) is 0 Å². The lowest BCUT2D eigenvalue weighted by Gasteiger charge is -2.38. The highest BCUT2D eigenvalue weighted by Crippen LogP contribution is 2.37. The average molecular weight is 253 g/mol. The van der Waals surface area contributed by atoms with Crippen LogP contribution >= 0.6 is 11.6 Å². The Labute approximate surface area is 104 Å². The molecule has 0 radical (unpaired) electrons. The maximum absolute atomic E-state index is 11.1. The van der Waals surface area contributed by atoms with Crippen molar-refractivity contribution in [2.45, 2.75) is 19.9 Å². The molecule has 0 amide bonds. The van der Waals surface area contributed by atoms with Gasteiger partial charge in [-0.3, -0.25) is 0 Å². The lowest BCUT2D eigenvalue weighted by atomic mass is 9.74. The molecule has 0 fully saturated rings. The fourth-order valence-electron chi connectivity index (χ4n) is 2.07. The van der Waals surface area contributed by atoms with E-state index in [2.05, 4.69) is 10.5 Å². The van der Waals surface area contributed by atoms with Crippen LogP contribution in [0.25, 0.3) is 0 Å². The second-order valence-corrected chi connectivity index (χ2v) is 5.05. The summed E-state index contributed by atoms with van der Waals surface area (Å²) in [5, 5.41) is 16.2. The summed E-state index contributed by atoms with van der Waals surface area (Å²) in [6.45, 7) is 3.69. The summed E-state index contributed by atoms with van der Waals surface area (Å²) >= 11 is 5.93. The smallest absolute Gasteiger partial charge is 0.143 e. The van der Waals surface area contributed by atoms with E-state index in [1.807, 2.05) is 13.8 Å². The molecule has 2 rings (SSSR count). The normalized spacial score (nSPS) is 23.9. The van der Waals surface area contributed by atoms with Crippen LogP contribution in [-0.2, 0) is 4.79 Å². The van der Waals surface area contributed by atoms with Crippen molar-refractivity contribution >= 4 is 29.3 Å². The quantitative estimate of drug-likeness (QED) is 0.459. The number of halogens is 1. The zero-order valence-electron chi connectivity index (χ0n) is 9.57. The third-order valence-electron chi connectivity index (χ3n) is 3.17. The van der Waals surface area contributed by atoms with Crippen molar-refractivity contribution in [1.29, 1.82) is 0 Å². The van der Waals surface area contributed by atoms with E-state index in [9.17, 15) is 10.0 Å². The van der Waals surface area contributed by atoms with Gasteiger partial charge in [0.2, 0.25) is 0 Å². The summed E-state index contributed by atoms with van der Waals surface area (Å²) in [5.74, 6) is 0. The van der Waals surface area contributed by atoms with Crippen LogP contribution in [0.3, 0.4) is 0 Å². The van der Waals surface area contributed by atoms with Gasteiger partial charge in [0.05, 0.1) is 11.8 Å². The van der Waals surface area contributed by atoms with Gasteiger partial charge in [-0.1, -0.05) is 30.6 Å². The van der Waals surface area contributed by atoms with Crippen LogP contribution in [0.2, 0.25) is 5.02 Å². The Balaban J connectivity index is 2.64. The number of oxime groups is 1. The van der Waals surface area contributed by atoms with Gasteiger partial charge < -0.3 is 15.3 Å². The van der Waals surface area contributed by atoms with Crippen LogP contribution in [0.1, 0.15) is 19.4 Å². The molecular weight excluding hydrogens is 240 g/mol. The number of nitrogens with zero attached hydrogens (tertiary/aromatic N) is 1. The van der Waals surface area contributed by atoms with Crippen LogP contribution in [0.4, 0.5) is 5.69 Å². The zero-order chi connectivity index (χ0) is 12.6. The molecule has 4 nitrogen and oxygen atoms in total. The summed E-state index contributed by atoms with van der Waals surface area (Å²) in [7, 11) is 0. The van der Waals surface area contributed by atoms with Gasteiger partial charge in [0.1, 0.15) is 6.29 Å². The molecule has 5 heteroatoms. The first-order chi connectivity index (χ1) is 8.00. The van der Waals surface area contributed by atoms with E-state index in [4.69, 9.17) is 11.6 Å². The first kappa shape index (κ1) is 11.9. The number of nitrogens with one attached hydrogen (secondary N) is 1. The number of rotatable bonds is 1. The lowest BCUT2D eigenvalue weighted by Crippen LogP contribution is -2.47. The van der Waals surface area contributed by atoms with Crippen LogP contribution < -0.4 is 5.32 Å². The Morgan fingerprint density at radius 2 is 2.24 bits per heavy atom. The number of aldehydes is 1. The lowest BCUT2D eigenvalue weighted by molar-refractivity contribution is -0.109. The molecule has 0 saturated heterocycles. The van der Waals surface area contributed by atoms with Gasteiger partial charge in [0.15, 0.2) is 0 Å². The maximum Gasteiger partial charge on any atom is 0.143 e. The van der Waals surface area contributed by atoms with Gasteiger partial charge >= 0.3 is 0 Å². The standard InChI is InChI=1S/C12H13ClN2O2/c1-12(2)10(6-16)14-9-4-3-7(13)5-8(9)11(12)15-17/h3-6,10,14,17H,1-2H3/b15-11-. The van der Waals surface area contributed by atoms with Crippen LogP contribution in [0.15, 0.2) is 23.4 Å². The van der Waals surface area contributed by atoms with Crippen molar-refractivity contribution < 1.29 is 10.0 Å². The molecule has 1 unspecified atom stereocenters. The second kappa shape index (κ2) is 4.04. The highest BCUT2D eigenvalue weighted by Gasteiger charge is 2.41. The Morgan fingerprint density at radius 1 is 1.53 bits per heavy atom. The highest BCUT2D eigenvalue weighted by atomic mass is 35.5. The molecule has 1 aromatic carbocycles. The molecule has 1 aliphatic heterocycles. The van der Waals surface area contributed by atoms with Gasteiger partial charge in [-0.05, 0) is 18.2 Å². The first-order valence-corrected chi connectivity index (χ1v) is 5.62. The summed E-state index contributed by atoms with van der Waals surface area (Å²) in [6.07, 6.45) is 0.822. The number of anilines is 1. The molecule has 0 aromatic heterocycles. The van der Waals surface area contributed by atoms with Gasteiger partial charge in [0, 0.05) is 21.7 Å². The number of fused-ring (bicyclic) bond motifs is 1. The van der Waals surface area contributed by atoms with Crippen molar-refractivity contribution in [3.63, 3.8) is 0 Å². The molecule has 1 heterocycles. The fraction of sp³-hybridized carbons (Fsp3) is 0.333. The Morgan fingerprint density at radius 3 is 2.82 bits per heavy atom. The Kier molecular flexibility index (Phi) is 2.83. The maximum atomic E-state index is 11.1. The van der Waals surface area contributed by atoms with E-state index < -0.39 is 11.5 Å². The number of benzene rings is 1. The minimum atomic E-state index is -0.589. The van der Waals surface area contributed by atoms with Crippen molar-refractivity contribution in [1.82, 2.24) is 0 Å². The van der Waals surface area contributed by atoms with Crippen molar-refractivity contribution in [3.05, 3.63) is 28.8 Å². The first-order valence-electron chi connectivity index (χ1n) is 5.25. The van der Waals surface area contributed by atoms with E-state index in [1.54, 1.807) is 18.2 Å². The van der Waals surface area contributed by atoms with E-state index in [1.165, 1.54) is 0 Å². The minimum absolute atomic E-state index is 0.429. The Bertz CT molecular complexity index is 497. The van der Waals surface area contributed by atoms with E-state index in [0.29, 0.717) is 10.7 Å². The summed E-state index contributed by atoms with van der Waals surface area (Å²) in [5.41, 5.74) is 1.35. The SMILES string of the molecule is CC1(C)/C(=N\O)c2cc(Cl)ccc2NC1C=O. The molecule has 1 aliphatic rings. The monoisotopic (exact) mass is 252 g/mol. The van der Waals surface area contributed by atoms with Gasteiger partial charge in [0.25, 0.3) is 0 Å². The molecule has 90 valence electrons. The summed E-state index contributed by atoms with van der Waals surface area (Å²) in [4.78, 5) is 11.1. The van der Waals surface area contributed by atoms with Crippen molar-refractivity contribution in [2.24, 2.45) is 10.6 Å². The summed E-state index contributed by atoms with van der Waals surface area (Å²) < 4.78 is 0. The van der Waals surface area contributed by atoms with Gasteiger partial charge in [-0.25, -0.2) is 0 Å². The third kappa shape index (κ3) is 1.78. The molecule has 17 heavy (non-hydrogen) atoms. The van der Waals surface area contributed by atoms with Crippen LogP contribution in [-0.4, -0.2) is 23.2 Å². The van der Waals surface area contributed by atoms with E-state index >= 15 is 0 Å². The number of hydrogen-bond donors (Lipinski definition) is 2. The Hall–Kier alpha value is -1.55. The van der Waals surface area contributed by atoms with Crippen LogP contribution in [0, 0.1) is 5.41 Å². The number of carbonyl (C=O) groups excluding carboxylic acids is 1. The van der Waals surface area contributed by atoms with Crippen molar-refractivity contribution in [2.75, 3.05) is 5.32 Å². The molecule has 1 atom stereocenters. The van der Waals surface area contributed by atoms with E-state index in [0.717, 1.165) is 17.5 Å². The molecule has 0 bridgehead atoms. The van der Waals surface area contributed by atoms with Crippen molar-refractivity contribution in [3.8, 4) is 0 Å². The number of hydrogen-bond acceptors (Lipinski definition) is 4. The molecular formula is C12H13ClN2O2. The molecule has 2 N–H and O–H groups in total.